The van der Waals surface area contributed by atoms with Gasteiger partial charge >= 0.3 is 0 Å². The Hall–Kier alpha value is -2.31. The van der Waals surface area contributed by atoms with Crippen molar-refractivity contribution in [3.8, 4) is 16.9 Å². The van der Waals surface area contributed by atoms with E-state index in [1.165, 1.54) is 24.3 Å². The van der Waals surface area contributed by atoms with Gasteiger partial charge in [-0.25, -0.2) is 13.0 Å². The Kier molecular flexibility index (Phi) is 4.70. The summed E-state index contributed by atoms with van der Waals surface area (Å²) in [6, 6.07) is 15.9. The molecule has 0 bridgehead atoms. The summed E-state index contributed by atoms with van der Waals surface area (Å²) >= 11 is 3.15. The first kappa shape index (κ1) is 18.1. The number of ether oxygens (including phenoxy) is 1. The Bertz CT molecular complexity index is 1220. The van der Waals surface area contributed by atoms with Crippen LogP contribution in [0.3, 0.4) is 0 Å². The van der Waals surface area contributed by atoms with Crippen molar-refractivity contribution in [1.29, 1.82) is 0 Å². The Morgan fingerprint density at radius 3 is 1.93 bits per heavy atom. The summed E-state index contributed by atoms with van der Waals surface area (Å²) in [5.41, 5.74) is 1.35. The first-order chi connectivity index (χ1) is 13.0. The zero-order valence-corrected chi connectivity index (χ0v) is 16.5. The van der Waals surface area contributed by atoms with Gasteiger partial charge in [-0.3, -0.25) is 0 Å². The van der Waals surface area contributed by atoms with Crippen LogP contribution >= 0.6 is 14.8 Å². The molecule has 0 aliphatic carbocycles. The minimum absolute atomic E-state index is 0.345. The highest BCUT2D eigenvalue weighted by atomic mass is 79.9. The molecule has 0 spiro atoms. The van der Waals surface area contributed by atoms with E-state index in [0.717, 1.165) is 10.8 Å². The Morgan fingerprint density at radius 1 is 0.815 bits per heavy atom. The summed E-state index contributed by atoms with van der Waals surface area (Å²) in [6.07, 6.45) is 0. The highest BCUT2D eigenvalue weighted by Gasteiger charge is 2.20. The molecule has 4 rings (SSSR count). The highest BCUT2D eigenvalue weighted by Crippen LogP contribution is 2.44. The van der Waals surface area contributed by atoms with Crippen molar-refractivity contribution in [2.24, 2.45) is 0 Å². The van der Waals surface area contributed by atoms with Gasteiger partial charge in [0.25, 0.3) is 0 Å². The summed E-state index contributed by atoms with van der Waals surface area (Å²) in [5, 5.41) is 2.85. The fraction of sp³-hybridized carbons (Fsp3) is 0.0476. The van der Waals surface area contributed by atoms with Crippen LogP contribution in [0.5, 0.6) is 5.75 Å². The highest BCUT2D eigenvalue weighted by molar-refractivity contribution is 9.46. The van der Waals surface area contributed by atoms with Crippen molar-refractivity contribution >= 4 is 45.6 Å². The van der Waals surface area contributed by atoms with Gasteiger partial charge in [0.15, 0.2) is 0 Å². The summed E-state index contributed by atoms with van der Waals surface area (Å²) in [6.45, 7) is 0. The van der Waals surface area contributed by atoms with Crippen LogP contribution in [0.15, 0.2) is 65.6 Å². The molecule has 1 atom stereocenters. The second-order valence-electron chi connectivity index (χ2n) is 6.04. The molecule has 0 N–H and O–H groups in total. The molecule has 2 nitrogen and oxygen atoms in total. The van der Waals surface area contributed by atoms with E-state index in [0.29, 0.717) is 32.5 Å². The van der Waals surface area contributed by atoms with E-state index in [-0.39, 0.29) is 11.6 Å². The average Bonchev–Trinajstić information content (AvgIpc) is 2.65. The third-order valence-electron chi connectivity index (χ3n) is 4.53. The lowest BCUT2D eigenvalue weighted by atomic mass is 9.93. The minimum atomic E-state index is -1.47. The Labute approximate surface area is 164 Å². The van der Waals surface area contributed by atoms with Crippen LogP contribution in [0, 0.1) is 11.6 Å². The normalized spacial score (nSPS) is 12.4. The fourth-order valence-corrected chi connectivity index (χ4v) is 4.74. The quantitative estimate of drug-likeness (QED) is 0.342. The average molecular weight is 447 g/mol. The third-order valence-corrected chi connectivity index (χ3v) is 6.26. The number of methoxy groups -OCH3 is 1. The van der Waals surface area contributed by atoms with Gasteiger partial charge in [0.2, 0.25) is 0 Å². The molecule has 0 radical (unpaired) electrons. The van der Waals surface area contributed by atoms with Crippen LogP contribution in [-0.4, -0.2) is 11.3 Å². The molecule has 4 aromatic rings. The zero-order chi connectivity index (χ0) is 19.1. The maximum absolute atomic E-state index is 13.7. The second-order valence-corrected chi connectivity index (χ2v) is 8.69. The molecule has 0 heterocycles. The van der Waals surface area contributed by atoms with E-state index < -0.39 is 9.23 Å². The van der Waals surface area contributed by atoms with Crippen molar-refractivity contribution in [1.82, 2.24) is 0 Å². The zero-order valence-electron chi connectivity index (χ0n) is 14.1. The van der Waals surface area contributed by atoms with Crippen LogP contribution < -0.4 is 4.74 Å². The number of benzene rings is 4. The molecule has 27 heavy (non-hydrogen) atoms. The monoisotopic (exact) mass is 446 g/mol. The third kappa shape index (κ3) is 3.13. The van der Waals surface area contributed by atoms with E-state index in [4.69, 9.17) is 4.74 Å². The first-order valence-electron chi connectivity index (χ1n) is 8.06. The molecule has 0 saturated heterocycles. The van der Waals surface area contributed by atoms with Gasteiger partial charge in [0, 0.05) is 25.9 Å². The smallest absolute Gasteiger partial charge is 0.127 e. The molecule has 0 aromatic heterocycles. The number of halogens is 3. The van der Waals surface area contributed by atoms with Gasteiger partial charge in [-0.1, -0.05) is 24.3 Å². The van der Waals surface area contributed by atoms with Crippen LogP contribution in [0.1, 0.15) is 0 Å². The van der Waals surface area contributed by atoms with Gasteiger partial charge in [0.1, 0.15) is 26.6 Å². The van der Waals surface area contributed by atoms with Gasteiger partial charge in [-0.15, -0.1) is 0 Å². The summed E-state index contributed by atoms with van der Waals surface area (Å²) in [7, 11) is 0.0746. The van der Waals surface area contributed by atoms with Crippen LogP contribution in [0.4, 0.5) is 8.78 Å². The van der Waals surface area contributed by atoms with Gasteiger partial charge in [-0.2, -0.15) is 0 Å². The maximum Gasteiger partial charge on any atom is 0.127 e. The van der Waals surface area contributed by atoms with E-state index in [1.807, 2.05) is 0 Å². The van der Waals surface area contributed by atoms with Crippen LogP contribution in [-0.2, 0) is 9.23 Å². The van der Waals surface area contributed by atoms with Crippen molar-refractivity contribution < 1.29 is 17.7 Å². The van der Waals surface area contributed by atoms with Gasteiger partial charge in [-0.05, 0) is 57.9 Å². The molecule has 0 amide bonds. The number of rotatable bonds is 3. The van der Waals surface area contributed by atoms with Gasteiger partial charge in [0.05, 0.1) is 12.0 Å². The topological polar surface area (TPSA) is 26.3 Å². The minimum Gasteiger partial charge on any atom is -0.496 e. The predicted octanol–water partition coefficient (Wildman–Crippen LogP) is 6.36. The summed E-state index contributed by atoms with van der Waals surface area (Å²) in [5.74, 6) is -0.138. The second kappa shape index (κ2) is 7.02. The lowest BCUT2D eigenvalue weighted by molar-refractivity contribution is 0.417. The Morgan fingerprint density at radius 2 is 1.37 bits per heavy atom. The SMILES string of the molecule is COc1ccc2cc(F)ccc2c1-c1c(S(=O)Br)ccc2cc(F)ccc12. The molecule has 0 saturated carbocycles. The molecule has 0 aliphatic heterocycles. The van der Waals surface area contributed by atoms with Crippen LogP contribution in [0.25, 0.3) is 32.7 Å². The molecule has 4 aromatic carbocycles. The lowest BCUT2D eigenvalue weighted by Gasteiger charge is -2.17. The predicted molar refractivity (Wildman–Crippen MR) is 109 cm³/mol. The standard InChI is InChI=1S/C21H13BrF2O2S/c1-26-18-8-2-12-10-14(23)4-6-16(12)20(18)21-17-7-5-15(24)11-13(17)3-9-19(21)27(22)25/h2-11H,1H3. The fourth-order valence-electron chi connectivity index (χ4n) is 3.38. The van der Waals surface area contributed by atoms with E-state index >= 15 is 0 Å². The summed E-state index contributed by atoms with van der Waals surface area (Å²) < 4.78 is 45.4. The molecule has 1 unspecified atom stereocenters. The molecule has 0 aliphatic rings. The number of hydrogen-bond acceptors (Lipinski definition) is 2. The van der Waals surface area contributed by atoms with Gasteiger partial charge < -0.3 is 4.74 Å². The molecular weight excluding hydrogens is 434 g/mol. The van der Waals surface area contributed by atoms with Crippen molar-refractivity contribution in [3.05, 3.63) is 72.3 Å². The van der Waals surface area contributed by atoms with Crippen molar-refractivity contribution in [2.45, 2.75) is 4.90 Å². The van der Waals surface area contributed by atoms with E-state index in [1.54, 1.807) is 43.5 Å². The molecule has 0 fully saturated rings. The van der Waals surface area contributed by atoms with Crippen molar-refractivity contribution in [3.63, 3.8) is 0 Å². The van der Waals surface area contributed by atoms with E-state index in [9.17, 15) is 13.0 Å². The first-order valence-corrected chi connectivity index (χ1v) is 11.1. The number of fused-ring (bicyclic) bond motifs is 2. The molecule has 136 valence electrons. The van der Waals surface area contributed by atoms with E-state index in [2.05, 4.69) is 14.8 Å². The Balaban J connectivity index is 2.22. The van der Waals surface area contributed by atoms with Crippen molar-refractivity contribution in [2.75, 3.05) is 7.11 Å². The summed E-state index contributed by atoms with van der Waals surface area (Å²) in [4.78, 5) is 0.532. The van der Waals surface area contributed by atoms with Crippen LogP contribution in [0.2, 0.25) is 0 Å². The number of hydrogen-bond donors (Lipinski definition) is 0. The lowest BCUT2D eigenvalue weighted by Crippen LogP contribution is -1.96. The maximum atomic E-state index is 13.7. The largest absolute Gasteiger partial charge is 0.496 e. The molecule has 6 heteroatoms. The molecular formula is C21H13BrF2O2S.